The number of aryl methyl sites for hydroxylation is 1. The standard InChI is InChI=1S/C20H29N5O2/c1-3-23-11-13-24(14-12-23)10-6-9-21-19(26)15-25-16(2)22-18-8-5-4-7-17(18)20(25)27/h4-5,7-8H,3,6,9-15H2,1-2H3,(H,21,26). The van der Waals surface area contributed by atoms with Gasteiger partial charge in [-0.1, -0.05) is 19.1 Å². The van der Waals surface area contributed by atoms with E-state index in [1.165, 1.54) is 4.57 Å². The van der Waals surface area contributed by atoms with Gasteiger partial charge in [-0.05, 0) is 38.6 Å². The van der Waals surface area contributed by atoms with Crippen LogP contribution in [0.5, 0.6) is 0 Å². The van der Waals surface area contributed by atoms with E-state index in [0.29, 0.717) is 23.3 Å². The van der Waals surface area contributed by atoms with Gasteiger partial charge in [-0.3, -0.25) is 14.2 Å². The van der Waals surface area contributed by atoms with E-state index < -0.39 is 0 Å². The molecule has 1 aromatic carbocycles. The molecule has 1 aliphatic rings. The molecule has 1 saturated heterocycles. The van der Waals surface area contributed by atoms with Gasteiger partial charge in [-0.25, -0.2) is 4.98 Å². The van der Waals surface area contributed by atoms with Crippen molar-refractivity contribution in [3.05, 3.63) is 40.4 Å². The van der Waals surface area contributed by atoms with Gasteiger partial charge in [0.2, 0.25) is 5.91 Å². The van der Waals surface area contributed by atoms with Crippen molar-refractivity contribution in [3.63, 3.8) is 0 Å². The number of piperazine rings is 1. The van der Waals surface area contributed by atoms with Gasteiger partial charge >= 0.3 is 0 Å². The SMILES string of the molecule is CCN1CCN(CCCNC(=O)Cn2c(C)nc3ccccc3c2=O)CC1. The maximum Gasteiger partial charge on any atom is 0.261 e. The Balaban J connectivity index is 1.47. The molecule has 7 nitrogen and oxygen atoms in total. The molecule has 3 rings (SSSR count). The van der Waals surface area contributed by atoms with E-state index in [1.54, 1.807) is 13.0 Å². The summed E-state index contributed by atoms with van der Waals surface area (Å²) in [5, 5.41) is 3.47. The fourth-order valence-electron chi connectivity index (χ4n) is 3.52. The van der Waals surface area contributed by atoms with Crippen LogP contribution in [0.3, 0.4) is 0 Å². The molecule has 1 aliphatic heterocycles. The average molecular weight is 371 g/mol. The molecule has 1 amide bonds. The van der Waals surface area contributed by atoms with Crippen LogP contribution in [-0.4, -0.2) is 71.1 Å². The number of rotatable bonds is 7. The first kappa shape index (κ1) is 19.5. The van der Waals surface area contributed by atoms with Crippen molar-refractivity contribution in [2.45, 2.75) is 26.8 Å². The van der Waals surface area contributed by atoms with Crippen LogP contribution in [0.1, 0.15) is 19.2 Å². The van der Waals surface area contributed by atoms with Crippen molar-refractivity contribution in [2.75, 3.05) is 45.8 Å². The van der Waals surface area contributed by atoms with Crippen molar-refractivity contribution in [1.29, 1.82) is 0 Å². The van der Waals surface area contributed by atoms with Gasteiger partial charge in [0.25, 0.3) is 5.56 Å². The number of hydrogen-bond donors (Lipinski definition) is 1. The topological polar surface area (TPSA) is 70.5 Å². The molecule has 0 saturated carbocycles. The number of nitrogens with zero attached hydrogens (tertiary/aromatic N) is 4. The molecule has 1 fully saturated rings. The van der Waals surface area contributed by atoms with E-state index in [1.807, 2.05) is 18.2 Å². The summed E-state index contributed by atoms with van der Waals surface area (Å²) < 4.78 is 1.45. The lowest BCUT2D eigenvalue weighted by atomic mass is 10.2. The minimum absolute atomic E-state index is 0.0116. The summed E-state index contributed by atoms with van der Waals surface area (Å²) in [6.07, 6.45) is 0.918. The average Bonchev–Trinajstić information content (AvgIpc) is 2.69. The Morgan fingerprint density at radius 3 is 2.59 bits per heavy atom. The number of amides is 1. The van der Waals surface area contributed by atoms with Crippen molar-refractivity contribution in [3.8, 4) is 0 Å². The zero-order valence-corrected chi connectivity index (χ0v) is 16.3. The summed E-state index contributed by atoms with van der Waals surface area (Å²) in [7, 11) is 0. The summed E-state index contributed by atoms with van der Waals surface area (Å²) in [4.78, 5) is 34.2. The third-order valence-electron chi connectivity index (χ3n) is 5.24. The van der Waals surface area contributed by atoms with Crippen LogP contribution >= 0.6 is 0 Å². The van der Waals surface area contributed by atoms with E-state index in [-0.39, 0.29) is 18.0 Å². The van der Waals surface area contributed by atoms with E-state index >= 15 is 0 Å². The molecule has 2 heterocycles. The Labute approximate surface area is 160 Å². The van der Waals surface area contributed by atoms with Crippen molar-refractivity contribution in [1.82, 2.24) is 24.7 Å². The lowest BCUT2D eigenvalue weighted by Crippen LogP contribution is -2.46. The quantitative estimate of drug-likeness (QED) is 0.731. The van der Waals surface area contributed by atoms with Crippen LogP contribution in [0.15, 0.2) is 29.1 Å². The predicted octanol–water partition coefficient (Wildman–Crippen LogP) is 0.849. The molecule has 0 aliphatic carbocycles. The first-order chi connectivity index (χ1) is 13.1. The first-order valence-electron chi connectivity index (χ1n) is 9.76. The lowest BCUT2D eigenvalue weighted by Gasteiger charge is -2.33. The summed E-state index contributed by atoms with van der Waals surface area (Å²) >= 11 is 0. The Bertz CT molecular complexity index is 840. The fraction of sp³-hybridized carbons (Fsp3) is 0.550. The van der Waals surface area contributed by atoms with Crippen LogP contribution in [-0.2, 0) is 11.3 Å². The van der Waals surface area contributed by atoms with E-state index in [9.17, 15) is 9.59 Å². The Kier molecular flexibility index (Phi) is 6.58. The van der Waals surface area contributed by atoms with Crippen LogP contribution in [0.4, 0.5) is 0 Å². The maximum atomic E-state index is 12.6. The highest BCUT2D eigenvalue weighted by Crippen LogP contribution is 2.07. The monoisotopic (exact) mass is 371 g/mol. The molecule has 2 aromatic rings. The number of benzene rings is 1. The Morgan fingerprint density at radius 1 is 1.15 bits per heavy atom. The minimum Gasteiger partial charge on any atom is -0.354 e. The molecule has 27 heavy (non-hydrogen) atoms. The number of carbonyl (C=O) groups is 1. The van der Waals surface area contributed by atoms with E-state index in [0.717, 1.165) is 45.7 Å². The van der Waals surface area contributed by atoms with Gasteiger partial charge in [0.05, 0.1) is 10.9 Å². The van der Waals surface area contributed by atoms with Gasteiger partial charge in [-0.15, -0.1) is 0 Å². The highest BCUT2D eigenvalue weighted by molar-refractivity contribution is 5.79. The van der Waals surface area contributed by atoms with Gasteiger partial charge in [-0.2, -0.15) is 0 Å². The smallest absolute Gasteiger partial charge is 0.261 e. The highest BCUT2D eigenvalue weighted by Gasteiger charge is 2.15. The number of hydrogen-bond acceptors (Lipinski definition) is 5. The van der Waals surface area contributed by atoms with Crippen molar-refractivity contribution in [2.24, 2.45) is 0 Å². The second kappa shape index (κ2) is 9.10. The highest BCUT2D eigenvalue weighted by atomic mass is 16.2. The molecule has 0 atom stereocenters. The fourth-order valence-corrected chi connectivity index (χ4v) is 3.52. The number of carbonyl (C=O) groups excluding carboxylic acids is 1. The zero-order valence-electron chi connectivity index (χ0n) is 16.3. The third-order valence-corrected chi connectivity index (χ3v) is 5.24. The summed E-state index contributed by atoms with van der Waals surface area (Å²) in [6, 6.07) is 7.23. The molecular formula is C20H29N5O2. The van der Waals surface area contributed by atoms with E-state index in [4.69, 9.17) is 0 Å². The minimum atomic E-state index is -0.165. The van der Waals surface area contributed by atoms with Crippen LogP contribution in [0, 0.1) is 6.92 Å². The maximum absolute atomic E-state index is 12.6. The van der Waals surface area contributed by atoms with E-state index in [2.05, 4.69) is 27.0 Å². The van der Waals surface area contributed by atoms with Gasteiger partial charge in [0.15, 0.2) is 0 Å². The first-order valence-corrected chi connectivity index (χ1v) is 9.76. The zero-order chi connectivity index (χ0) is 19.2. The van der Waals surface area contributed by atoms with Gasteiger partial charge in [0.1, 0.15) is 12.4 Å². The Morgan fingerprint density at radius 2 is 1.85 bits per heavy atom. The Hall–Kier alpha value is -2.25. The van der Waals surface area contributed by atoms with Crippen LogP contribution in [0.2, 0.25) is 0 Å². The van der Waals surface area contributed by atoms with Gasteiger partial charge in [0, 0.05) is 32.7 Å². The number of nitrogens with one attached hydrogen (secondary N) is 1. The largest absolute Gasteiger partial charge is 0.354 e. The number of fused-ring (bicyclic) bond motifs is 1. The number of aromatic nitrogens is 2. The molecule has 1 aromatic heterocycles. The van der Waals surface area contributed by atoms with Crippen molar-refractivity contribution < 1.29 is 4.79 Å². The predicted molar refractivity (Wildman–Crippen MR) is 107 cm³/mol. The second-order valence-corrected chi connectivity index (χ2v) is 7.05. The molecule has 7 heteroatoms. The number of likely N-dealkylation sites (N-methyl/N-ethyl adjacent to an activating group) is 1. The molecular weight excluding hydrogens is 342 g/mol. The molecule has 146 valence electrons. The molecule has 0 radical (unpaired) electrons. The molecule has 0 bridgehead atoms. The van der Waals surface area contributed by atoms with Crippen LogP contribution < -0.4 is 10.9 Å². The summed E-state index contributed by atoms with van der Waals surface area (Å²) in [6.45, 7) is 11.2. The molecule has 0 unspecified atom stereocenters. The normalized spacial score (nSPS) is 15.9. The second-order valence-electron chi connectivity index (χ2n) is 7.05. The molecule has 1 N–H and O–H groups in total. The molecule has 0 spiro atoms. The summed E-state index contributed by atoms with van der Waals surface area (Å²) in [5.41, 5.74) is 0.502. The lowest BCUT2D eigenvalue weighted by molar-refractivity contribution is -0.121. The van der Waals surface area contributed by atoms with Crippen molar-refractivity contribution >= 4 is 16.8 Å². The third kappa shape index (κ3) is 4.93. The summed E-state index contributed by atoms with van der Waals surface area (Å²) in [5.74, 6) is 0.413. The van der Waals surface area contributed by atoms with Gasteiger partial charge < -0.3 is 15.1 Å². The van der Waals surface area contributed by atoms with Crippen LogP contribution in [0.25, 0.3) is 10.9 Å². The number of para-hydroxylation sites is 1.